The van der Waals surface area contributed by atoms with E-state index in [9.17, 15) is 9.59 Å². The Kier molecular flexibility index (Phi) is 9.51. The molecular weight excluding hydrogens is 452 g/mol. The van der Waals surface area contributed by atoms with Crippen LogP contribution in [0.4, 0.5) is 4.79 Å². The predicted octanol–water partition coefficient (Wildman–Crippen LogP) is 5.40. The van der Waals surface area contributed by atoms with Crippen LogP contribution in [0.3, 0.4) is 0 Å². The summed E-state index contributed by atoms with van der Waals surface area (Å²) in [7, 11) is 1.76. The number of carbonyl (C=O) groups excluding carboxylic acids is 2. The van der Waals surface area contributed by atoms with Crippen LogP contribution in [0.1, 0.15) is 37.5 Å². The maximum absolute atomic E-state index is 13.3. The Morgan fingerprint density at radius 2 is 1.42 bits per heavy atom. The van der Waals surface area contributed by atoms with Crippen LogP contribution in [0.2, 0.25) is 0 Å². The lowest BCUT2D eigenvalue weighted by atomic mass is 10.0. The fourth-order valence-electron chi connectivity index (χ4n) is 3.67. The zero-order valence-electron chi connectivity index (χ0n) is 21.6. The Hall–Kier alpha value is -3.80. The molecule has 0 heterocycles. The van der Waals surface area contributed by atoms with E-state index >= 15 is 0 Å². The number of carbonyl (C=O) groups is 2. The largest absolute Gasteiger partial charge is 0.489 e. The fourth-order valence-corrected chi connectivity index (χ4v) is 3.67. The summed E-state index contributed by atoms with van der Waals surface area (Å²) in [6.07, 6.45) is 0.461. The average molecular weight is 489 g/mol. The van der Waals surface area contributed by atoms with Crippen LogP contribution >= 0.6 is 0 Å². The number of ether oxygens (including phenoxy) is 2. The Bertz CT molecular complexity index is 1090. The zero-order chi connectivity index (χ0) is 26.0. The minimum atomic E-state index is -0.753. The van der Waals surface area contributed by atoms with Gasteiger partial charge < -0.3 is 19.7 Å². The molecule has 6 nitrogen and oxygen atoms in total. The number of benzene rings is 3. The molecule has 0 aliphatic rings. The second-order valence-electron chi connectivity index (χ2n) is 9.82. The van der Waals surface area contributed by atoms with E-state index in [0.29, 0.717) is 19.6 Å². The molecule has 0 saturated heterocycles. The van der Waals surface area contributed by atoms with E-state index in [4.69, 9.17) is 9.47 Å². The van der Waals surface area contributed by atoms with Gasteiger partial charge in [0.25, 0.3) is 0 Å². The van der Waals surface area contributed by atoms with Crippen molar-refractivity contribution in [1.82, 2.24) is 10.2 Å². The lowest BCUT2D eigenvalue weighted by Gasteiger charge is -2.27. The lowest BCUT2D eigenvalue weighted by Crippen LogP contribution is -2.50. The number of amides is 2. The summed E-state index contributed by atoms with van der Waals surface area (Å²) < 4.78 is 11.3. The van der Waals surface area contributed by atoms with Gasteiger partial charge in [0.15, 0.2) is 0 Å². The first kappa shape index (κ1) is 26.8. The van der Waals surface area contributed by atoms with E-state index in [-0.39, 0.29) is 5.91 Å². The van der Waals surface area contributed by atoms with E-state index in [1.165, 1.54) is 0 Å². The Labute approximate surface area is 214 Å². The second kappa shape index (κ2) is 12.8. The van der Waals surface area contributed by atoms with Gasteiger partial charge in [-0.15, -0.1) is 0 Å². The summed E-state index contributed by atoms with van der Waals surface area (Å²) >= 11 is 0. The number of alkyl carbamates (subject to hydrolysis) is 1. The van der Waals surface area contributed by atoms with Gasteiger partial charge in [-0.1, -0.05) is 72.8 Å². The topological polar surface area (TPSA) is 67.9 Å². The number of hydrogen-bond donors (Lipinski definition) is 1. The van der Waals surface area contributed by atoms with Gasteiger partial charge in [0.05, 0.1) is 0 Å². The maximum Gasteiger partial charge on any atom is 0.408 e. The first-order valence-electron chi connectivity index (χ1n) is 12.2. The summed E-state index contributed by atoms with van der Waals surface area (Å²) in [5.41, 5.74) is 2.49. The summed E-state index contributed by atoms with van der Waals surface area (Å²) in [5, 5.41) is 2.78. The molecule has 190 valence electrons. The van der Waals surface area contributed by atoms with Gasteiger partial charge >= 0.3 is 6.09 Å². The monoisotopic (exact) mass is 488 g/mol. The van der Waals surface area contributed by atoms with E-state index in [1.807, 2.05) is 84.9 Å². The molecule has 0 unspecified atom stereocenters. The second-order valence-corrected chi connectivity index (χ2v) is 9.82. The van der Waals surface area contributed by atoms with E-state index in [2.05, 4.69) is 5.32 Å². The Balaban J connectivity index is 1.64. The molecule has 36 heavy (non-hydrogen) atoms. The van der Waals surface area contributed by atoms with Crippen molar-refractivity contribution in [2.75, 3.05) is 13.6 Å². The predicted molar refractivity (Wildman–Crippen MR) is 142 cm³/mol. The molecule has 0 aromatic heterocycles. The highest BCUT2D eigenvalue weighted by Crippen LogP contribution is 2.16. The molecular formula is C30H36N2O4. The SMILES string of the molecule is CN(CCc1ccccc1)C(=O)[C@H](Cc1ccc(OCc2ccccc2)cc1)NC(=O)OC(C)(C)C. The van der Waals surface area contributed by atoms with Gasteiger partial charge in [-0.25, -0.2) is 4.79 Å². The number of nitrogens with one attached hydrogen (secondary N) is 1. The molecule has 0 fully saturated rings. The van der Waals surface area contributed by atoms with Gasteiger partial charge in [0.1, 0.15) is 24.0 Å². The minimum Gasteiger partial charge on any atom is -0.489 e. The molecule has 6 heteroatoms. The van der Waals surface area contributed by atoms with Crippen LogP contribution in [0, 0.1) is 0 Å². The summed E-state index contributed by atoms with van der Waals surface area (Å²) in [4.78, 5) is 27.5. The highest BCUT2D eigenvalue weighted by atomic mass is 16.6. The molecule has 0 saturated carbocycles. The van der Waals surface area contributed by atoms with Crippen molar-refractivity contribution in [2.45, 2.75) is 51.9 Å². The standard InChI is InChI=1S/C30H36N2O4/c1-30(2,3)36-29(34)31-27(28(33)32(4)20-19-23-11-7-5-8-12-23)21-24-15-17-26(18-16-24)35-22-25-13-9-6-10-14-25/h5-18,27H,19-22H2,1-4H3,(H,31,34)/t27-/m0/s1. The normalized spacial score (nSPS) is 11.9. The molecule has 3 aromatic rings. The van der Waals surface area contributed by atoms with E-state index in [0.717, 1.165) is 28.9 Å². The van der Waals surface area contributed by atoms with Crippen molar-refractivity contribution in [1.29, 1.82) is 0 Å². The Morgan fingerprint density at radius 1 is 0.833 bits per heavy atom. The van der Waals surface area contributed by atoms with Crippen LogP contribution in [0.25, 0.3) is 0 Å². The molecule has 0 aliphatic carbocycles. The van der Waals surface area contributed by atoms with Crippen molar-refractivity contribution in [3.8, 4) is 5.75 Å². The fraction of sp³-hybridized carbons (Fsp3) is 0.333. The highest BCUT2D eigenvalue weighted by Gasteiger charge is 2.27. The smallest absolute Gasteiger partial charge is 0.408 e. The number of rotatable bonds is 10. The average Bonchev–Trinajstić information content (AvgIpc) is 2.86. The third kappa shape index (κ3) is 9.10. The van der Waals surface area contributed by atoms with E-state index < -0.39 is 17.7 Å². The van der Waals surface area contributed by atoms with Gasteiger partial charge in [-0.2, -0.15) is 0 Å². The van der Waals surface area contributed by atoms with Crippen LogP contribution in [-0.4, -0.2) is 42.1 Å². The quantitative estimate of drug-likeness (QED) is 0.415. The molecule has 0 radical (unpaired) electrons. The van der Waals surface area contributed by atoms with Gasteiger partial charge in [-0.05, 0) is 56.0 Å². The molecule has 1 atom stereocenters. The summed E-state index contributed by atoms with van der Waals surface area (Å²) in [5.74, 6) is 0.576. The molecule has 3 rings (SSSR count). The van der Waals surface area contributed by atoms with Crippen LogP contribution in [-0.2, 0) is 29.0 Å². The van der Waals surface area contributed by atoms with E-state index in [1.54, 1.807) is 32.7 Å². The lowest BCUT2D eigenvalue weighted by molar-refractivity contribution is -0.132. The molecule has 0 aliphatic heterocycles. The van der Waals surface area contributed by atoms with Crippen LogP contribution in [0.15, 0.2) is 84.9 Å². The van der Waals surface area contributed by atoms with Gasteiger partial charge in [-0.3, -0.25) is 4.79 Å². The number of likely N-dealkylation sites (N-methyl/N-ethyl adjacent to an activating group) is 1. The number of nitrogens with zero attached hydrogens (tertiary/aromatic N) is 1. The van der Waals surface area contributed by atoms with Crippen molar-refractivity contribution in [2.24, 2.45) is 0 Å². The first-order chi connectivity index (χ1) is 17.2. The molecule has 0 bridgehead atoms. The van der Waals surface area contributed by atoms with Crippen LogP contribution < -0.4 is 10.1 Å². The third-order valence-electron chi connectivity index (χ3n) is 5.56. The summed E-state index contributed by atoms with van der Waals surface area (Å²) in [6.45, 7) is 6.41. The Morgan fingerprint density at radius 3 is 2.00 bits per heavy atom. The summed E-state index contributed by atoms with van der Waals surface area (Å²) in [6, 6.07) is 26.8. The van der Waals surface area contributed by atoms with Crippen molar-refractivity contribution < 1.29 is 19.1 Å². The third-order valence-corrected chi connectivity index (χ3v) is 5.56. The number of hydrogen-bond acceptors (Lipinski definition) is 4. The maximum atomic E-state index is 13.3. The minimum absolute atomic E-state index is 0.166. The molecule has 0 spiro atoms. The van der Waals surface area contributed by atoms with Gasteiger partial charge in [0.2, 0.25) is 5.91 Å². The molecule has 1 N–H and O–H groups in total. The highest BCUT2D eigenvalue weighted by molar-refractivity contribution is 5.86. The van der Waals surface area contributed by atoms with Crippen LogP contribution in [0.5, 0.6) is 5.75 Å². The first-order valence-corrected chi connectivity index (χ1v) is 12.2. The molecule has 2 amide bonds. The zero-order valence-corrected chi connectivity index (χ0v) is 21.6. The van der Waals surface area contributed by atoms with Crippen molar-refractivity contribution >= 4 is 12.0 Å². The van der Waals surface area contributed by atoms with Crippen molar-refractivity contribution in [3.05, 3.63) is 102 Å². The van der Waals surface area contributed by atoms with Crippen molar-refractivity contribution in [3.63, 3.8) is 0 Å². The van der Waals surface area contributed by atoms with Gasteiger partial charge in [0, 0.05) is 20.0 Å². The molecule has 3 aromatic carbocycles.